The van der Waals surface area contributed by atoms with Crippen LogP contribution in [0.4, 0.5) is 5.69 Å². The van der Waals surface area contributed by atoms with E-state index in [1.807, 2.05) is 18.2 Å². The number of hydrogen-bond donors (Lipinski definition) is 1. The van der Waals surface area contributed by atoms with Crippen molar-refractivity contribution in [2.75, 3.05) is 5.32 Å². The molecule has 140 valence electrons. The highest BCUT2D eigenvalue weighted by atomic mass is 16.1. The van der Waals surface area contributed by atoms with Crippen LogP contribution in [0.1, 0.15) is 89.5 Å². The van der Waals surface area contributed by atoms with Gasteiger partial charge in [-0.25, -0.2) is 0 Å². The number of carbonyl (C=O) groups is 1. The van der Waals surface area contributed by atoms with Crippen LogP contribution in [0.25, 0.3) is 0 Å². The average Bonchev–Trinajstić information content (AvgIpc) is 2.63. The van der Waals surface area contributed by atoms with Crippen molar-refractivity contribution >= 4 is 11.6 Å². The van der Waals surface area contributed by atoms with E-state index in [2.05, 4.69) is 24.9 Å². The molecule has 0 saturated carbocycles. The van der Waals surface area contributed by atoms with E-state index in [0.29, 0.717) is 0 Å². The van der Waals surface area contributed by atoms with Crippen molar-refractivity contribution < 1.29 is 4.79 Å². The molecular weight excluding hydrogens is 306 g/mol. The average molecular weight is 344 g/mol. The van der Waals surface area contributed by atoms with Gasteiger partial charge in [0.1, 0.15) is 0 Å². The third kappa shape index (κ3) is 10.8. The van der Waals surface area contributed by atoms with E-state index in [1.165, 1.54) is 88.7 Å². The van der Waals surface area contributed by atoms with Gasteiger partial charge in [-0.1, -0.05) is 102 Å². The number of benzene rings is 1. The normalized spacial score (nSPS) is 10.6. The molecule has 25 heavy (non-hydrogen) atoms. The summed E-state index contributed by atoms with van der Waals surface area (Å²) >= 11 is 0. The molecule has 0 aliphatic heterocycles. The van der Waals surface area contributed by atoms with Crippen molar-refractivity contribution in [3.8, 4) is 0 Å². The summed E-state index contributed by atoms with van der Waals surface area (Å²) in [5, 5.41) is 2.90. The number of anilines is 1. The van der Waals surface area contributed by atoms with Crippen LogP contribution >= 0.6 is 0 Å². The summed E-state index contributed by atoms with van der Waals surface area (Å²) < 4.78 is 0. The molecule has 0 heterocycles. The Morgan fingerprint density at radius 2 is 1.40 bits per heavy atom. The van der Waals surface area contributed by atoms with Crippen LogP contribution in [0.5, 0.6) is 0 Å². The maximum Gasteiger partial charge on any atom is 0.247 e. The van der Waals surface area contributed by atoms with Gasteiger partial charge in [0.25, 0.3) is 0 Å². The van der Waals surface area contributed by atoms with Gasteiger partial charge in [0.05, 0.1) is 0 Å². The summed E-state index contributed by atoms with van der Waals surface area (Å²) in [5.74, 6) is -0.137. The minimum absolute atomic E-state index is 0.137. The quantitative estimate of drug-likeness (QED) is 0.268. The lowest BCUT2D eigenvalue weighted by Gasteiger charge is -2.09. The summed E-state index contributed by atoms with van der Waals surface area (Å²) in [7, 11) is 0. The number of carbonyl (C=O) groups excluding carboxylic acids is 1. The molecule has 0 fully saturated rings. The van der Waals surface area contributed by atoms with E-state index in [-0.39, 0.29) is 5.91 Å². The van der Waals surface area contributed by atoms with Crippen LogP contribution in [0.3, 0.4) is 0 Å². The van der Waals surface area contributed by atoms with Gasteiger partial charge in [-0.05, 0) is 30.5 Å². The lowest BCUT2D eigenvalue weighted by atomic mass is 10.0. The van der Waals surface area contributed by atoms with Gasteiger partial charge in [0.15, 0.2) is 0 Å². The van der Waals surface area contributed by atoms with Crippen LogP contribution in [0.2, 0.25) is 0 Å². The second-order valence-electron chi connectivity index (χ2n) is 6.99. The van der Waals surface area contributed by atoms with E-state index >= 15 is 0 Å². The Hall–Kier alpha value is -1.57. The van der Waals surface area contributed by atoms with Gasteiger partial charge in [0.2, 0.25) is 5.91 Å². The topological polar surface area (TPSA) is 29.1 Å². The number of aryl methyl sites for hydroxylation is 1. The first-order chi connectivity index (χ1) is 12.3. The first kappa shape index (κ1) is 21.5. The Bertz CT molecular complexity index is 481. The molecule has 1 amide bonds. The molecular formula is C23H37NO. The Balaban J connectivity index is 2.05. The minimum Gasteiger partial charge on any atom is -0.322 e. The maximum absolute atomic E-state index is 11.5. The Morgan fingerprint density at radius 3 is 1.96 bits per heavy atom. The number of nitrogens with one attached hydrogen (secondary N) is 1. The van der Waals surface area contributed by atoms with Crippen LogP contribution in [0, 0.1) is 0 Å². The molecule has 1 aromatic rings. The summed E-state index contributed by atoms with van der Waals surface area (Å²) in [6, 6.07) is 8.08. The van der Waals surface area contributed by atoms with Gasteiger partial charge in [0, 0.05) is 5.69 Å². The largest absolute Gasteiger partial charge is 0.322 e. The predicted molar refractivity (Wildman–Crippen MR) is 110 cm³/mol. The molecule has 1 rings (SSSR count). The number of unbranched alkanes of at least 4 members (excludes halogenated alkanes) is 11. The molecule has 0 spiro atoms. The second-order valence-corrected chi connectivity index (χ2v) is 6.99. The molecule has 1 N–H and O–H groups in total. The number of amides is 1. The van der Waals surface area contributed by atoms with Crippen molar-refractivity contribution in [1.29, 1.82) is 0 Å². The Morgan fingerprint density at radius 1 is 0.880 bits per heavy atom. The molecule has 0 aliphatic carbocycles. The molecule has 0 aliphatic rings. The van der Waals surface area contributed by atoms with Gasteiger partial charge in [-0.15, -0.1) is 0 Å². The highest BCUT2D eigenvalue weighted by Crippen LogP contribution is 2.19. The van der Waals surface area contributed by atoms with E-state index < -0.39 is 0 Å². The van der Waals surface area contributed by atoms with Crippen molar-refractivity contribution in [2.24, 2.45) is 0 Å². The third-order valence-electron chi connectivity index (χ3n) is 4.76. The Kier molecular flexibility index (Phi) is 12.7. The molecule has 0 atom stereocenters. The van der Waals surface area contributed by atoms with Gasteiger partial charge in [-0.3, -0.25) is 4.79 Å². The zero-order valence-electron chi connectivity index (χ0n) is 16.2. The number of para-hydroxylation sites is 1. The summed E-state index contributed by atoms with van der Waals surface area (Å²) in [4.78, 5) is 11.5. The fourth-order valence-electron chi connectivity index (χ4n) is 3.20. The lowest BCUT2D eigenvalue weighted by Crippen LogP contribution is -2.09. The van der Waals surface area contributed by atoms with Crippen LogP contribution in [-0.4, -0.2) is 5.91 Å². The SMILES string of the molecule is C=CC(=O)Nc1ccccc1CCCCCCCCCCCCCC. The molecule has 0 aromatic heterocycles. The minimum atomic E-state index is -0.137. The summed E-state index contributed by atoms with van der Waals surface area (Å²) in [5.41, 5.74) is 2.15. The lowest BCUT2D eigenvalue weighted by molar-refractivity contribution is -0.111. The van der Waals surface area contributed by atoms with Crippen LogP contribution < -0.4 is 5.32 Å². The molecule has 1 aromatic carbocycles. The smallest absolute Gasteiger partial charge is 0.247 e. The Labute approximate surface area is 155 Å². The van der Waals surface area contributed by atoms with Crippen LogP contribution in [0.15, 0.2) is 36.9 Å². The van der Waals surface area contributed by atoms with Crippen molar-refractivity contribution in [2.45, 2.75) is 90.4 Å². The monoisotopic (exact) mass is 343 g/mol. The summed E-state index contributed by atoms with van der Waals surface area (Å²) in [6.07, 6.45) is 18.7. The fourth-order valence-corrected chi connectivity index (χ4v) is 3.20. The van der Waals surface area contributed by atoms with Gasteiger partial charge in [-0.2, -0.15) is 0 Å². The zero-order chi connectivity index (χ0) is 18.2. The number of rotatable bonds is 15. The third-order valence-corrected chi connectivity index (χ3v) is 4.76. The maximum atomic E-state index is 11.5. The molecule has 0 bridgehead atoms. The predicted octanol–water partition coefficient (Wildman–Crippen LogP) is 7.05. The second kappa shape index (κ2) is 14.7. The molecule has 2 nitrogen and oxygen atoms in total. The standard InChI is InChI=1S/C23H37NO/c1-3-5-6-7-8-9-10-11-12-13-14-15-18-21-19-16-17-20-22(21)24-23(25)4-2/h4,16-17,19-20H,2-3,5-15,18H2,1H3,(H,24,25). The molecule has 0 saturated heterocycles. The summed E-state index contributed by atoms with van der Waals surface area (Å²) in [6.45, 7) is 5.78. The van der Waals surface area contributed by atoms with E-state index in [9.17, 15) is 4.79 Å². The van der Waals surface area contributed by atoms with E-state index in [0.717, 1.165) is 12.1 Å². The van der Waals surface area contributed by atoms with Crippen LogP contribution in [-0.2, 0) is 11.2 Å². The zero-order valence-corrected chi connectivity index (χ0v) is 16.2. The number of hydrogen-bond acceptors (Lipinski definition) is 1. The van der Waals surface area contributed by atoms with E-state index in [1.54, 1.807) is 0 Å². The van der Waals surface area contributed by atoms with Gasteiger partial charge < -0.3 is 5.32 Å². The molecule has 2 heteroatoms. The first-order valence-corrected chi connectivity index (χ1v) is 10.3. The highest BCUT2D eigenvalue weighted by Gasteiger charge is 2.03. The highest BCUT2D eigenvalue weighted by molar-refractivity contribution is 5.99. The molecule has 0 radical (unpaired) electrons. The van der Waals surface area contributed by atoms with E-state index in [4.69, 9.17) is 0 Å². The van der Waals surface area contributed by atoms with Crippen molar-refractivity contribution in [3.63, 3.8) is 0 Å². The fraction of sp³-hybridized carbons (Fsp3) is 0.609. The first-order valence-electron chi connectivity index (χ1n) is 10.3. The van der Waals surface area contributed by atoms with Crippen molar-refractivity contribution in [3.05, 3.63) is 42.5 Å². The van der Waals surface area contributed by atoms with Gasteiger partial charge >= 0.3 is 0 Å². The molecule has 0 unspecified atom stereocenters. The van der Waals surface area contributed by atoms with Crippen molar-refractivity contribution in [1.82, 2.24) is 0 Å².